The molecule has 2 aromatic rings. The Kier molecular flexibility index (Phi) is 2.15. The van der Waals surface area contributed by atoms with E-state index in [-0.39, 0.29) is 5.78 Å². The number of carbonyl (C=O) groups is 1. The number of ketones is 1. The van der Waals surface area contributed by atoms with Crippen molar-refractivity contribution in [1.29, 1.82) is 0 Å². The van der Waals surface area contributed by atoms with E-state index in [1.165, 1.54) is 0 Å². The third-order valence-corrected chi connectivity index (χ3v) is 3.70. The number of aromatic nitrogens is 2. The summed E-state index contributed by atoms with van der Waals surface area (Å²) in [6.45, 7) is 1.98. The van der Waals surface area contributed by atoms with Crippen LogP contribution in [0, 0.1) is 0 Å². The molecule has 0 fully saturated rings. The number of carbonyl (C=O) groups excluding carboxylic acids is 1. The fraction of sp³-hybridized carbons (Fsp3) is 0.0625. The fourth-order valence-corrected chi connectivity index (χ4v) is 2.72. The molecule has 0 bridgehead atoms. The Bertz CT molecular complexity index is 915. The number of hydrogen-bond donors (Lipinski definition) is 1. The lowest BCUT2D eigenvalue weighted by Crippen LogP contribution is -2.24. The van der Waals surface area contributed by atoms with Crippen molar-refractivity contribution in [2.45, 2.75) is 6.92 Å². The van der Waals surface area contributed by atoms with E-state index < -0.39 is 0 Å². The van der Waals surface area contributed by atoms with Crippen LogP contribution in [0.5, 0.6) is 0 Å². The Labute approximate surface area is 114 Å². The zero-order valence-electron chi connectivity index (χ0n) is 10.8. The van der Waals surface area contributed by atoms with Gasteiger partial charge in [0.25, 0.3) is 0 Å². The molecule has 1 aromatic carbocycles. The van der Waals surface area contributed by atoms with E-state index >= 15 is 0 Å². The molecule has 1 aliphatic carbocycles. The van der Waals surface area contributed by atoms with Crippen LogP contribution in [-0.4, -0.2) is 15.8 Å². The van der Waals surface area contributed by atoms with Gasteiger partial charge in [-0.05, 0) is 24.6 Å². The van der Waals surface area contributed by atoms with Crippen LogP contribution < -0.4 is 10.6 Å². The molecule has 2 heterocycles. The normalized spacial score (nSPS) is 16.8. The Morgan fingerprint density at radius 2 is 2.05 bits per heavy atom. The van der Waals surface area contributed by atoms with Gasteiger partial charge in [-0.2, -0.15) is 0 Å². The average Bonchev–Trinajstić information content (AvgIpc) is 3.09. The quantitative estimate of drug-likeness (QED) is 0.836. The number of nitrogens with zero attached hydrogens (tertiary/aromatic N) is 2. The number of H-pyrrole nitrogens is 1. The summed E-state index contributed by atoms with van der Waals surface area (Å²) in [6, 6.07) is 7.74. The van der Waals surface area contributed by atoms with Gasteiger partial charge < -0.3 is 4.98 Å². The number of allylic oxidation sites excluding steroid dienone is 4. The van der Waals surface area contributed by atoms with Gasteiger partial charge >= 0.3 is 0 Å². The predicted octanol–water partition coefficient (Wildman–Crippen LogP) is 1.13. The van der Waals surface area contributed by atoms with Crippen molar-refractivity contribution in [2.75, 3.05) is 0 Å². The van der Waals surface area contributed by atoms with Crippen LogP contribution in [0.2, 0.25) is 0 Å². The molecule has 20 heavy (non-hydrogen) atoms. The van der Waals surface area contributed by atoms with Crippen molar-refractivity contribution in [3.8, 4) is 0 Å². The number of aromatic amines is 1. The minimum absolute atomic E-state index is 0.00250. The first-order valence-electron chi connectivity index (χ1n) is 6.40. The highest BCUT2D eigenvalue weighted by atomic mass is 16.1. The van der Waals surface area contributed by atoms with Gasteiger partial charge in [-0.25, -0.2) is 9.98 Å². The fourth-order valence-electron chi connectivity index (χ4n) is 2.72. The van der Waals surface area contributed by atoms with Crippen LogP contribution in [0.1, 0.15) is 12.6 Å². The maximum Gasteiger partial charge on any atom is 0.189 e. The van der Waals surface area contributed by atoms with E-state index in [2.05, 4.69) is 15.0 Å². The van der Waals surface area contributed by atoms with E-state index in [0.717, 1.165) is 33.1 Å². The van der Waals surface area contributed by atoms with Crippen molar-refractivity contribution in [3.05, 3.63) is 70.4 Å². The minimum Gasteiger partial charge on any atom is -0.351 e. The Balaban J connectivity index is 2.04. The van der Waals surface area contributed by atoms with Crippen molar-refractivity contribution >= 4 is 16.9 Å². The van der Waals surface area contributed by atoms with Gasteiger partial charge in [-0.1, -0.05) is 18.2 Å². The second-order valence-electron chi connectivity index (χ2n) is 4.85. The molecule has 4 rings (SSSR count). The van der Waals surface area contributed by atoms with Crippen molar-refractivity contribution in [1.82, 2.24) is 9.97 Å². The molecule has 0 saturated heterocycles. The predicted molar refractivity (Wildman–Crippen MR) is 74.9 cm³/mol. The lowest BCUT2D eigenvalue weighted by Gasteiger charge is -2.15. The van der Waals surface area contributed by atoms with Crippen molar-refractivity contribution in [3.63, 3.8) is 0 Å². The molecule has 4 nitrogen and oxygen atoms in total. The number of hydrogen-bond acceptors (Lipinski definition) is 3. The molecule has 2 aliphatic rings. The molecular weight excluding hydrogens is 250 g/mol. The molecule has 0 atom stereocenters. The van der Waals surface area contributed by atoms with Gasteiger partial charge in [-0.15, -0.1) is 0 Å². The average molecular weight is 261 g/mol. The molecule has 0 saturated carbocycles. The van der Waals surface area contributed by atoms with Crippen LogP contribution >= 0.6 is 0 Å². The van der Waals surface area contributed by atoms with E-state index in [1.54, 1.807) is 18.6 Å². The van der Waals surface area contributed by atoms with Gasteiger partial charge in [0.1, 0.15) is 0 Å². The molecule has 0 spiro atoms. The summed E-state index contributed by atoms with van der Waals surface area (Å²) in [5.74, 6) is -0.00250. The number of benzene rings is 1. The van der Waals surface area contributed by atoms with Crippen LogP contribution in [0.25, 0.3) is 11.1 Å². The second kappa shape index (κ2) is 3.87. The minimum atomic E-state index is -0.00250. The van der Waals surface area contributed by atoms with Crippen LogP contribution in [0.15, 0.2) is 59.1 Å². The molecule has 0 amide bonds. The van der Waals surface area contributed by atoms with E-state index in [9.17, 15) is 4.79 Å². The third-order valence-electron chi connectivity index (χ3n) is 3.70. The first-order valence-corrected chi connectivity index (χ1v) is 6.40. The lowest BCUT2D eigenvalue weighted by atomic mass is 9.90. The Hall–Kier alpha value is -2.75. The molecule has 96 valence electrons. The number of rotatable bonds is 1. The van der Waals surface area contributed by atoms with Gasteiger partial charge in [0.05, 0.1) is 28.6 Å². The molecule has 0 radical (unpaired) electrons. The van der Waals surface area contributed by atoms with Crippen molar-refractivity contribution in [2.24, 2.45) is 4.99 Å². The van der Waals surface area contributed by atoms with Gasteiger partial charge in [0.2, 0.25) is 0 Å². The zero-order valence-corrected chi connectivity index (χ0v) is 10.8. The zero-order chi connectivity index (χ0) is 13.7. The number of para-hydroxylation sites is 1. The Morgan fingerprint density at radius 3 is 2.85 bits per heavy atom. The summed E-state index contributed by atoms with van der Waals surface area (Å²) in [6.07, 6.45) is 5.05. The van der Waals surface area contributed by atoms with E-state index in [1.807, 2.05) is 31.2 Å². The standard InChI is InChI=1S/C16H11N3O/c1-9-11(13-7-17-8-18-13)6-14(20)15-10-4-2-3-5-12(10)19-16(9)15/h2-8H,1H3,(H,17,18). The van der Waals surface area contributed by atoms with Crippen LogP contribution in [0.4, 0.5) is 0 Å². The third kappa shape index (κ3) is 1.39. The molecule has 0 unspecified atom stereocenters. The second-order valence-corrected chi connectivity index (χ2v) is 4.85. The van der Waals surface area contributed by atoms with Gasteiger partial charge in [0.15, 0.2) is 5.78 Å². The SMILES string of the molecule is CC1=C2N=c3ccccc3=C2C(=O)C=C1c1c[nH]cn1. The first kappa shape index (κ1) is 11.1. The van der Waals surface area contributed by atoms with Crippen molar-refractivity contribution < 1.29 is 4.79 Å². The maximum absolute atomic E-state index is 12.4. The molecule has 1 aromatic heterocycles. The highest BCUT2D eigenvalue weighted by molar-refractivity contribution is 6.31. The number of imidazole rings is 1. The summed E-state index contributed by atoms with van der Waals surface area (Å²) < 4.78 is 0. The van der Waals surface area contributed by atoms with E-state index in [4.69, 9.17) is 0 Å². The monoisotopic (exact) mass is 261 g/mol. The first-order chi connectivity index (χ1) is 9.75. The smallest absolute Gasteiger partial charge is 0.189 e. The molecule has 1 aliphatic heterocycles. The maximum atomic E-state index is 12.4. The van der Waals surface area contributed by atoms with Crippen LogP contribution in [0.3, 0.4) is 0 Å². The highest BCUT2D eigenvalue weighted by Crippen LogP contribution is 2.34. The molecule has 4 heteroatoms. The summed E-state index contributed by atoms with van der Waals surface area (Å²) in [7, 11) is 0. The van der Waals surface area contributed by atoms with Crippen LogP contribution in [-0.2, 0) is 4.79 Å². The largest absolute Gasteiger partial charge is 0.351 e. The summed E-state index contributed by atoms with van der Waals surface area (Å²) >= 11 is 0. The highest BCUT2D eigenvalue weighted by Gasteiger charge is 2.27. The summed E-state index contributed by atoms with van der Waals surface area (Å²) in [4.78, 5) is 24.2. The summed E-state index contributed by atoms with van der Waals surface area (Å²) in [5, 5.41) is 1.78. The number of nitrogens with one attached hydrogen (secondary N) is 1. The lowest BCUT2D eigenvalue weighted by molar-refractivity contribution is -0.109. The molecule has 1 N–H and O–H groups in total. The molecular formula is C16H11N3O. The summed E-state index contributed by atoms with van der Waals surface area (Å²) in [5.41, 5.74) is 4.08. The van der Waals surface area contributed by atoms with E-state index in [0.29, 0.717) is 5.57 Å². The number of fused-ring (bicyclic) bond motifs is 2. The van der Waals surface area contributed by atoms with Gasteiger partial charge in [0, 0.05) is 17.0 Å². The van der Waals surface area contributed by atoms with Gasteiger partial charge in [-0.3, -0.25) is 4.79 Å². The Morgan fingerprint density at radius 1 is 1.20 bits per heavy atom. The topological polar surface area (TPSA) is 58.1 Å².